The standard InChI is InChI=1S/C16H14F2N2O/c17-16(18)21-15-6-4-12(5-7-15)10-20-11-14-3-1-2-13(8-14)9-19/h1-8,16,20H,10-11H2. The Kier molecular flexibility index (Phi) is 5.24. The molecule has 0 radical (unpaired) electrons. The van der Waals surface area contributed by atoms with Crippen molar-refractivity contribution in [2.45, 2.75) is 19.7 Å². The van der Waals surface area contributed by atoms with Gasteiger partial charge < -0.3 is 10.1 Å². The molecule has 0 heterocycles. The summed E-state index contributed by atoms with van der Waals surface area (Å²) in [6, 6.07) is 15.9. The van der Waals surface area contributed by atoms with Gasteiger partial charge in [-0.15, -0.1) is 0 Å². The number of halogens is 2. The number of hydrogen-bond acceptors (Lipinski definition) is 3. The third-order valence-electron chi connectivity index (χ3n) is 2.86. The second-order valence-corrected chi connectivity index (χ2v) is 4.44. The Hall–Kier alpha value is -2.45. The normalized spacial score (nSPS) is 10.4. The summed E-state index contributed by atoms with van der Waals surface area (Å²) in [5, 5.41) is 12.0. The summed E-state index contributed by atoms with van der Waals surface area (Å²) in [6.07, 6.45) is 0. The minimum atomic E-state index is -2.80. The topological polar surface area (TPSA) is 45.0 Å². The van der Waals surface area contributed by atoms with E-state index in [1.165, 1.54) is 12.1 Å². The zero-order chi connectivity index (χ0) is 15.1. The van der Waals surface area contributed by atoms with E-state index in [1.54, 1.807) is 18.2 Å². The van der Waals surface area contributed by atoms with Gasteiger partial charge in [0.25, 0.3) is 0 Å². The van der Waals surface area contributed by atoms with Crippen LogP contribution in [0.15, 0.2) is 48.5 Å². The highest BCUT2D eigenvalue weighted by molar-refractivity contribution is 5.32. The first-order valence-corrected chi connectivity index (χ1v) is 6.41. The van der Waals surface area contributed by atoms with Crippen molar-refractivity contribution in [2.24, 2.45) is 0 Å². The van der Waals surface area contributed by atoms with Gasteiger partial charge in [-0.05, 0) is 35.4 Å². The lowest BCUT2D eigenvalue weighted by atomic mass is 10.1. The van der Waals surface area contributed by atoms with Crippen molar-refractivity contribution < 1.29 is 13.5 Å². The van der Waals surface area contributed by atoms with Crippen LogP contribution in [-0.2, 0) is 13.1 Å². The molecular formula is C16H14F2N2O. The molecule has 0 saturated carbocycles. The average molecular weight is 288 g/mol. The molecule has 2 aromatic rings. The van der Waals surface area contributed by atoms with Crippen molar-refractivity contribution in [3.05, 3.63) is 65.2 Å². The van der Waals surface area contributed by atoms with Crippen LogP contribution in [0.25, 0.3) is 0 Å². The summed E-state index contributed by atoms with van der Waals surface area (Å²) in [7, 11) is 0. The fraction of sp³-hybridized carbons (Fsp3) is 0.188. The lowest BCUT2D eigenvalue weighted by Gasteiger charge is -2.07. The molecule has 0 unspecified atom stereocenters. The van der Waals surface area contributed by atoms with Gasteiger partial charge in [0.2, 0.25) is 0 Å². The first-order valence-electron chi connectivity index (χ1n) is 6.41. The molecule has 5 heteroatoms. The number of nitriles is 1. The predicted molar refractivity (Wildman–Crippen MR) is 74.8 cm³/mol. The first-order chi connectivity index (χ1) is 10.2. The molecule has 0 aliphatic rings. The van der Waals surface area contributed by atoms with E-state index >= 15 is 0 Å². The molecule has 3 nitrogen and oxygen atoms in total. The molecule has 21 heavy (non-hydrogen) atoms. The van der Waals surface area contributed by atoms with E-state index < -0.39 is 6.61 Å². The van der Waals surface area contributed by atoms with Gasteiger partial charge in [-0.2, -0.15) is 14.0 Å². The molecular weight excluding hydrogens is 274 g/mol. The number of ether oxygens (including phenoxy) is 1. The molecule has 0 aliphatic heterocycles. The van der Waals surface area contributed by atoms with E-state index in [4.69, 9.17) is 5.26 Å². The third kappa shape index (κ3) is 4.86. The Morgan fingerprint density at radius 1 is 1.05 bits per heavy atom. The highest BCUT2D eigenvalue weighted by Crippen LogP contribution is 2.14. The van der Waals surface area contributed by atoms with Crippen LogP contribution in [0.4, 0.5) is 8.78 Å². The Balaban J connectivity index is 1.84. The van der Waals surface area contributed by atoms with E-state index in [9.17, 15) is 8.78 Å². The van der Waals surface area contributed by atoms with Gasteiger partial charge in [0, 0.05) is 13.1 Å². The molecule has 0 spiro atoms. The van der Waals surface area contributed by atoms with E-state index in [1.807, 2.05) is 18.2 Å². The maximum atomic E-state index is 12.0. The number of rotatable bonds is 6. The summed E-state index contributed by atoms with van der Waals surface area (Å²) in [4.78, 5) is 0. The Morgan fingerprint density at radius 3 is 2.43 bits per heavy atom. The van der Waals surface area contributed by atoms with Gasteiger partial charge in [-0.25, -0.2) is 0 Å². The maximum absolute atomic E-state index is 12.0. The van der Waals surface area contributed by atoms with Crippen LogP contribution in [0.1, 0.15) is 16.7 Å². The molecule has 0 aromatic heterocycles. The van der Waals surface area contributed by atoms with Crippen LogP contribution in [0.5, 0.6) is 5.75 Å². The van der Waals surface area contributed by atoms with E-state index in [2.05, 4.69) is 16.1 Å². The minimum Gasteiger partial charge on any atom is -0.435 e. The second-order valence-electron chi connectivity index (χ2n) is 4.44. The van der Waals surface area contributed by atoms with Crippen LogP contribution in [0.3, 0.4) is 0 Å². The van der Waals surface area contributed by atoms with E-state index in [0.29, 0.717) is 18.7 Å². The Bertz CT molecular complexity index is 621. The molecule has 1 N–H and O–H groups in total. The quantitative estimate of drug-likeness (QED) is 0.885. The summed E-state index contributed by atoms with van der Waals surface area (Å²) in [5.41, 5.74) is 2.61. The van der Waals surface area contributed by atoms with Crippen molar-refractivity contribution >= 4 is 0 Å². The number of hydrogen-bond donors (Lipinski definition) is 1. The lowest BCUT2D eigenvalue weighted by molar-refractivity contribution is -0.0498. The SMILES string of the molecule is N#Cc1cccc(CNCc2ccc(OC(F)F)cc2)c1. The molecule has 108 valence electrons. The molecule has 2 aromatic carbocycles. The summed E-state index contributed by atoms with van der Waals surface area (Å²) < 4.78 is 28.3. The molecule has 0 bridgehead atoms. The molecule has 0 atom stereocenters. The van der Waals surface area contributed by atoms with Gasteiger partial charge >= 0.3 is 6.61 Å². The molecule has 0 fully saturated rings. The maximum Gasteiger partial charge on any atom is 0.387 e. The largest absolute Gasteiger partial charge is 0.435 e. The van der Waals surface area contributed by atoms with Gasteiger partial charge in [0.05, 0.1) is 11.6 Å². The van der Waals surface area contributed by atoms with Crippen LogP contribution in [0, 0.1) is 11.3 Å². The number of alkyl halides is 2. The van der Waals surface area contributed by atoms with Gasteiger partial charge in [-0.1, -0.05) is 24.3 Å². The van der Waals surface area contributed by atoms with Crippen molar-refractivity contribution in [3.63, 3.8) is 0 Å². The number of benzene rings is 2. The molecule has 0 saturated heterocycles. The summed E-state index contributed by atoms with van der Waals surface area (Å²) in [6.45, 7) is -1.57. The average Bonchev–Trinajstić information content (AvgIpc) is 2.49. The molecule has 0 amide bonds. The van der Waals surface area contributed by atoms with Crippen LogP contribution in [-0.4, -0.2) is 6.61 Å². The first kappa shape index (κ1) is 14.9. The summed E-state index contributed by atoms with van der Waals surface area (Å²) in [5.74, 6) is 0.149. The smallest absolute Gasteiger partial charge is 0.387 e. The molecule has 2 rings (SSSR count). The van der Waals surface area contributed by atoms with Crippen LogP contribution in [0.2, 0.25) is 0 Å². The Labute approximate surface area is 121 Å². The minimum absolute atomic E-state index is 0.149. The van der Waals surface area contributed by atoms with Crippen molar-refractivity contribution in [3.8, 4) is 11.8 Å². The van der Waals surface area contributed by atoms with Gasteiger partial charge in [-0.3, -0.25) is 0 Å². The number of nitrogens with zero attached hydrogens (tertiary/aromatic N) is 1. The fourth-order valence-corrected chi connectivity index (χ4v) is 1.89. The van der Waals surface area contributed by atoms with Crippen molar-refractivity contribution in [1.29, 1.82) is 5.26 Å². The van der Waals surface area contributed by atoms with Crippen molar-refractivity contribution in [1.82, 2.24) is 5.32 Å². The van der Waals surface area contributed by atoms with E-state index in [-0.39, 0.29) is 5.75 Å². The highest BCUT2D eigenvalue weighted by Gasteiger charge is 2.03. The second kappa shape index (κ2) is 7.36. The monoisotopic (exact) mass is 288 g/mol. The van der Waals surface area contributed by atoms with Crippen LogP contribution >= 0.6 is 0 Å². The zero-order valence-corrected chi connectivity index (χ0v) is 11.2. The predicted octanol–water partition coefficient (Wildman–Crippen LogP) is 3.45. The summed E-state index contributed by atoms with van der Waals surface area (Å²) >= 11 is 0. The zero-order valence-electron chi connectivity index (χ0n) is 11.2. The van der Waals surface area contributed by atoms with Gasteiger partial charge in [0.15, 0.2) is 0 Å². The molecule has 0 aliphatic carbocycles. The van der Waals surface area contributed by atoms with Crippen LogP contribution < -0.4 is 10.1 Å². The Morgan fingerprint density at radius 2 is 1.76 bits per heavy atom. The highest BCUT2D eigenvalue weighted by atomic mass is 19.3. The van der Waals surface area contributed by atoms with Gasteiger partial charge in [0.1, 0.15) is 5.75 Å². The third-order valence-corrected chi connectivity index (χ3v) is 2.86. The van der Waals surface area contributed by atoms with Crippen molar-refractivity contribution in [2.75, 3.05) is 0 Å². The number of nitrogens with one attached hydrogen (secondary N) is 1. The fourth-order valence-electron chi connectivity index (χ4n) is 1.89. The lowest BCUT2D eigenvalue weighted by Crippen LogP contribution is -2.12. The van der Waals surface area contributed by atoms with E-state index in [0.717, 1.165) is 11.1 Å².